The maximum atomic E-state index is 13.3. The molecular formula is C16H13FN2O2. The number of benzene rings is 1. The lowest BCUT2D eigenvalue weighted by atomic mass is 10.1. The summed E-state index contributed by atoms with van der Waals surface area (Å²) in [6.45, 7) is 1.43. The highest BCUT2D eigenvalue weighted by Gasteiger charge is 2.12. The van der Waals surface area contributed by atoms with Crippen molar-refractivity contribution in [2.24, 2.45) is 0 Å². The number of carbonyl (C=O) groups is 1. The SMILES string of the molecule is Cc1cc(F)cc(NC(=O)c2ncccc2C#CCO)c1. The first-order chi connectivity index (χ1) is 10.1. The lowest BCUT2D eigenvalue weighted by Gasteiger charge is -2.07. The highest BCUT2D eigenvalue weighted by atomic mass is 19.1. The Labute approximate surface area is 121 Å². The average molecular weight is 284 g/mol. The largest absolute Gasteiger partial charge is 0.384 e. The van der Waals surface area contributed by atoms with Gasteiger partial charge in [-0.3, -0.25) is 4.79 Å². The predicted octanol–water partition coefficient (Wildman–Crippen LogP) is 2.13. The third kappa shape index (κ3) is 3.88. The number of aryl methyl sites for hydroxylation is 1. The Morgan fingerprint density at radius 1 is 1.43 bits per heavy atom. The molecule has 4 nitrogen and oxygen atoms in total. The van der Waals surface area contributed by atoms with E-state index in [2.05, 4.69) is 22.1 Å². The van der Waals surface area contributed by atoms with Gasteiger partial charge in [-0.15, -0.1) is 0 Å². The Hall–Kier alpha value is -2.71. The van der Waals surface area contributed by atoms with E-state index in [9.17, 15) is 9.18 Å². The summed E-state index contributed by atoms with van der Waals surface area (Å²) in [5.41, 5.74) is 1.58. The summed E-state index contributed by atoms with van der Waals surface area (Å²) in [6.07, 6.45) is 1.47. The van der Waals surface area contributed by atoms with Gasteiger partial charge in [0.1, 0.15) is 18.1 Å². The number of anilines is 1. The van der Waals surface area contributed by atoms with E-state index in [0.717, 1.165) is 0 Å². The van der Waals surface area contributed by atoms with Crippen LogP contribution in [0.2, 0.25) is 0 Å². The number of hydrogen-bond donors (Lipinski definition) is 2. The molecule has 0 saturated heterocycles. The highest BCUT2D eigenvalue weighted by molar-refractivity contribution is 6.04. The van der Waals surface area contributed by atoms with Crippen LogP contribution in [0, 0.1) is 24.6 Å². The van der Waals surface area contributed by atoms with Gasteiger partial charge >= 0.3 is 0 Å². The van der Waals surface area contributed by atoms with E-state index in [-0.39, 0.29) is 12.3 Å². The lowest BCUT2D eigenvalue weighted by Crippen LogP contribution is -2.15. The van der Waals surface area contributed by atoms with Gasteiger partial charge < -0.3 is 10.4 Å². The summed E-state index contributed by atoms with van der Waals surface area (Å²) < 4.78 is 13.3. The maximum absolute atomic E-state index is 13.3. The summed E-state index contributed by atoms with van der Waals surface area (Å²) in [7, 11) is 0. The standard InChI is InChI=1S/C16H13FN2O2/c1-11-8-13(17)10-14(9-11)19-16(21)15-12(5-3-7-20)4-2-6-18-15/h2,4,6,8-10,20H,7H2,1H3,(H,19,21). The molecule has 1 aromatic carbocycles. The number of aliphatic hydroxyl groups is 1. The van der Waals surface area contributed by atoms with Gasteiger partial charge in [-0.05, 0) is 42.8 Å². The number of halogens is 1. The number of pyridine rings is 1. The molecule has 0 radical (unpaired) electrons. The third-order valence-electron chi connectivity index (χ3n) is 2.62. The van der Waals surface area contributed by atoms with Crippen LogP contribution < -0.4 is 5.32 Å². The van der Waals surface area contributed by atoms with Crippen molar-refractivity contribution in [3.63, 3.8) is 0 Å². The Balaban J connectivity index is 2.28. The van der Waals surface area contributed by atoms with E-state index in [0.29, 0.717) is 16.8 Å². The zero-order valence-corrected chi connectivity index (χ0v) is 11.4. The van der Waals surface area contributed by atoms with Crippen molar-refractivity contribution in [2.75, 3.05) is 11.9 Å². The van der Waals surface area contributed by atoms with Crippen molar-refractivity contribution in [1.29, 1.82) is 0 Å². The second kappa shape index (κ2) is 6.64. The van der Waals surface area contributed by atoms with Gasteiger partial charge in [0.15, 0.2) is 0 Å². The van der Waals surface area contributed by atoms with Crippen LogP contribution in [0.15, 0.2) is 36.5 Å². The summed E-state index contributed by atoms with van der Waals surface area (Å²) in [5.74, 6) is 4.21. The minimum absolute atomic E-state index is 0.125. The lowest BCUT2D eigenvalue weighted by molar-refractivity contribution is 0.102. The normalized spacial score (nSPS) is 9.67. The molecule has 0 spiro atoms. The summed E-state index contributed by atoms with van der Waals surface area (Å²) >= 11 is 0. The molecule has 2 N–H and O–H groups in total. The Morgan fingerprint density at radius 2 is 2.24 bits per heavy atom. The van der Waals surface area contributed by atoms with E-state index in [4.69, 9.17) is 5.11 Å². The molecule has 0 fully saturated rings. The summed E-state index contributed by atoms with van der Waals surface area (Å²) in [5, 5.41) is 11.3. The van der Waals surface area contributed by atoms with E-state index in [1.807, 2.05) is 0 Å². The van der Waals surface area contributed by atoms with Crippen LogP contribution in [0.4, 0.5) is 10.1 Å². The van der Waals surface area contributed by atoms with Gasteiger partial charge in [0.2, 0.25) is 0 Å². The highest BCUT2D eigenvalue weighted by Crippen LogP contribution is 2.15. The molecule has 21 heavy (non-hydrogen) atoms. The number of carbonyl (C=O) groups excluding carboxylic acids is 1. The van der Waals surface area contributed by atoms with Gasteiger partial charge in [-0.25, -0.2) is 9.37 Å². The van der Waals surface area contributed by atoms with Crippen LogP contribution in [0.5, 0.6) is 0 Å². The fourth-order valence-electron chi connectivity index (χ4n) is 1.82. The minimum Gasteiger partial charge on any atom is -0.384 e. The molecule has 1 heterocycles. The van der Waals surface area contributed by atoms with Crippen LogP contribution in [-0.2, 0) is 0 Å². The van der Waals surface area contributed by atoms with Gasteiger partial charge in [-0.2, -0.15) is 0 Å². The Morgan fingerprint density at radius 3 is 2.95 bits per heavy atom. The molecule has 0 aliphatic rings. The van der Waals surface area contributed by atoms with Gasteiger partial charge in [-0.1, -0.05) is 11.8 Å². The number of aromatic nitrogens is 1. The number of nitrogens with zero attached hydrogens (tertiary/aromatic N) is 1. The summed E-state index contributed by atoms with van der Waals surface area (Å²) in [6, 6.07) is 7.52. The van der Waals surface area contributed by atoms with Crippen LogP contribution >= 0.6 is 0 Å². The number of hydrogen-bond acceptors (Lipinski definition) is 3. The molecule has 0 aliphatic heterocycles. The molecule has 2 rings (SSSR count). The van der Waals surface area contributed by atoms with Gasteiger partial charge in [0.25, 0.3) is 5.91 Å². The molecule has 0 atom stereocenters. The molecule has 0 saturated carbocycles. The fraction of sp³-hybridized carbons (Fsp3) is 0.125. The first-order valence-electron chi connectivity index (χ1n) is 6.23. The van der Waals surface area contributed by atoms with Crippen LogP contribution in [0.1, 0.15) is 21.6 Å². The Bertz CT molecular complexity index is 712. The van der Waals surface area contributed by atoms with E-state index in [1.54, 1.807) is 25.1 Å². The molecule has 1 aromatic heterocycles. The molecule has 2 aromatic rings. The van der Waals surface area contributed by atoms with E-state index >= 15 is 0 Å². The second-order valence-electron chi connectivity index (χ2n) is 4.33. The smallest absolute Gasteiger partial charge is 0.275 e. The van der Waals surface area contributed by atoms with E-state index < -0.39 is 11.7 Å². The molecule has 5 heteroatoms. The van der Waals surface area contributed by atoms with Crippen molar-refractivity contribution in [3.8, 4) is 11.8 Å². The molecule has 106 valence electrons. The maximum Gasteiger partial charge on any atom is 0.275 e. The molecule has 0 bridgehead atoms. The number of amides is 1. The van der Waals surface area contributed by atoms with Crippen LogP contribution in [0.25, 0.3) is 0 Å². The number of rotatable bonds is 2. The predicted molar refractivity (Wildman–Crippen MR) is 77.3 cm³/mol. The van der Waals surface area contributed by atoms with Crippen LogP contribution in [-0.4, -0.2) is 22.6 Å². The molecule has 0 aliphatic carbocycles. The quantitative estimate of drug-likeness (QED) is 0.830. The Kier molecular flexibility index (Phi) is 4.64. The molecule has 0 unspecified atom stereocenters. The second-order valence-corrected chi connectivity index (χ2v) is 4.33. The monoisotopic (exact) mass is 284 g/mol. The zero-order chi connectivity index (χ0) is 15.2. The molecule has 1 amide bonds. The third-order valence-corrected chi connectivity index (χ3v) is 2.62. The van der Waals surface area contributed by atoms with Crippen LogP contribution in [0.3, 0.4) is 0 Å². The van der Waals surface area contributed by atoms with E-state index in [1.165, 1.54) is 18.3 Å². The first kappa shape index (κ1) is 14.7. The van der Waals surface area contributed by atoms with Crippen molar-refractivity contribution in [2.45, 2.75) is 6.92 Å². The fourth-order valence-corrected chi connectivity index (χ4v) is 1.82. The van der Waals surface area contributed by atoms with Gasteiger partial charge in [0.05, 0.1) is 5.56 Å². The van der Waals surface area contributed by atoms with Gasteiger partial charge in [0, 0.05) is 11.9 Å². The van der Waals surface area contributed by atoms with Crippen molar-refractivity contribution in [3.05, 3.63) is 59.2 Å². The topological polar surface area (TPSA) is 62.2 Å². The molecular weight excluding hydrogens is 271 g/mol. The first-order valence-corrected chi connectivity index (χ1v) is 6.23. The zero-order valence-electron chi connectivity index (χ0n) is 11.4. The van der Waals surface area contributed by atoms with Crippen molar-refractivity contribution in [1.82, 2.24) is 4.98 Å². The average Bonchev–Trinajstić information content (AvgIpc) is 2.44. The van der Waals surface area contributed by atoms with Crippen molar-refractivity contribution < 1.29 is 14.3 Å². The minimum atomic E-state index is -0.483. The van der Waals surface area contributed by atoms with Crippen molar-refractivity contribution >= 4 is 11.6 Å². The number of nitrogens with one attached hydrogen (secondary N) is 1. The summed E-state index contributed by atoms with van der Waals surface area (Å²) in [4.78, 5) is 16.2. The number of aliphatic hydroxyl groups excluding tert-OH is 1.